The molecular formula is C19H22N8O. The predicted octanol–water partition coefficient (Wildman–Crippen LogP) is 1.99. The highest BCUT2D eigenvalue weighted by molar-refractivity contribution is 5.93. The average molecular weight is 378 g/mol. The van der Waals surface area contributed by atoms with Crippen molar-refractivity contribution in [2.45, 2.75) is 18.8 Å². The van der Waals surface area contributed by atoms with Crippen LogP contribution in [0.15, 0.2) is 30.6 Å². The second kappa shape index (κ2) is 6.36. The van der Waals surface area contributed by atoms with E-state index in [2.05, 4.69) is 15.0 Å². The summed E-state index contributed by atoms with van der Waals surface area (Å²) in [6.07, 6.45) is 6.07. The molecule has 0 unspecified atom stereocenters. The first-order valence-electron chi connectivity index (χ1n) is 9.36. The van der Waals surface area contributed by atoms with Crippen molar-refractivity contribution in [2.75, 3.05) is 30.8 Å². The van der Waals surface area contributed by atoms with Crippen LogP contribution < -0.4 is 15.4 Å². The van der Waals surface area contributed by atoms with Crippen molar-refractivity contribution in [1.29, 1.82) is 0 Å². The number of piperidine rings is 1. The minimum Gasteiger partial charge on any atom is -0.497 e. The number of aromatic nitrogens is 6. The lowest BCUT2D eigenvalue weighted by molar-refractivity contribution is 0.415. The van der Waals surface area contributed by atoms with E-state index in [-0.39, 0.29) is 5.92 Å². The smallest absolute Gasteiger partial charge is 0.223 e. The molecule has 0 spiro atoms. The third-order valence-electron chi connectivity index (χ3n) is 5.36. The van der Waals surface area contributed by atoms with E-state index in [1.807, 2.05) is 42.3 Å². The number of hydrogen-bond donors (Lipinski definition) is 1. The Balaban J connectivity index is 1.55. The number of aryl methyl sites for hydroxylation is 1. The number of nitrogens with zero attached hydrogens (tertiary/aromatic N) is 7. The maximum absolute atomic E-state index is 6.15. The van der Waals surface area contributed by atoms with Gasteiger partial charge in [0.05, 0.1) is 24.5 Å². The molecule has 4 aromatic rings. The van der Waals surface area contributed by atoms with Crippen molar-refractivity contribution in [3.63, 3.8) is 0 Å². The van der Waals surface area contributed by atoms with Crippen molar-refractivity contribution >= 4 is 28.2 Å². The highest BCUT2D eigenvalue weighted by Gasteiger charge is 2.26. The van der Waals surface area contributed by atoms with Gasteiger partial charge in [-0.2, -0.15) is 9.61 Å². The molecule has 1 atom stereocenters. The van der Waals surface area contributed by atoms with E-state index in [0.717, 1.165) is 59.7 Å². The summed E-state index contributed by atoms with van der Waals surface area (Å²) >= 11 is 0. The summed E-state index contributed by atoms with van der Waals surface area (Å²) in [5.41, 5.74) is 8.79. The fourth-order valence-corrected chi connectivity index (χ4v) is 3.92. The molecule has 1 aliphatic heterocycles. The summed E-state index contributed by atoms with van der Waals surface area (Å²) in [4.78, 5) is 11.7. The van der Waals surface area contributed by atoms with Crippen molar-refractivity contribution in [2.24, 2.45) is 7.05 Å². The molecule has 1 aromatic carbocycles. The Morgan fingerprint density at radius 1 is 1.25 bits per heavy atom. The zero-order chi connectivity index (χ0) is 19.3. The molecule has 1 aliphatic rings. The van der Waals surface area contributed by atoms with Crippen LogP contribution in [-0.4, -0.2) is 49.6 Å². The summed E-state index contributed by atoms with van der Waals surface area (Å²) in [5, 5.41) is 9.88. The zero-order valence-electron chi connectivity index (χ0n) is 15.9. The number of rotatable bonds is 3. The number of anilines is 2. The van der Waals surface area contributed by atoms with Crippen LogP contribution in [0.25, 0.3) is 16.6 Å². The third-order valence-corrected chi connectivity index (χ3v) is 5.36. The Morgan fingerprint density at radius 2 is 2.14 bits per heavy atom. The quantitative estimate of drug-likeness (QED) is 0.582. The molecule has 1 saturated heterocycles. The van der Waals surface area contributed by atoms with Gasteiger partial charge in [0, 0.05) is 37.6 Å². The van der Waals surface area contributed by atoms with E-state index >= 15 is 0 Å². The van der Waals surface area contributed by atoms with Crippen LogP contribution >= 0.6 is 0 Å². The molecule has 0 bridgehead atoms. The maximum Gasteiger partial charge on any atom is 0.223 e. The summed E-state index contributed by atoms with van der Waals surface area (Å²) in [7, 11) is 3.58. The molecule has 0 radical (unpaired) electrons. The second-order valence-corrected chi connectivity index (χ2v) is 7.22. The number of nitrogen functional groups attached to an aromatic ring is 1. The number of benzene rings is 1. The largest absolute Gasteiger partial charge is 0.497 e. The van der Waals surface area contributed by atoms with Gasteiger partial charge in [0.15, 0.2) is 11.5 Å². The standard InChI is InChI=1S/C19H22N8O/c1-25-11-13(9-21-25)26-7-3-4-12(10-26)17-23-18-15-8-14(28-2)5-6-16(15)22-19(20)27(18)24-17/h5-6,8-9,11-12H,3-4,7,10H2,1-2H3,(H2,20,22)/t12-/m1/s1. The van der Waals surface area contributed by atoms with Gasteiger partial charge in [-0.25, -0.2) is 9.97 Å². The van der Waals surface area contributed by atoms with Gasteiger partial charge in [-0.1, -0.05) is 0 Å². The van der Waals surface area contributed by atoms with Gasteiger partial charge in [-0.15, -0.1) is 5.10 Å². The van der Waals surface area contributed by atoms with E-state index < -0.39 is 0 Å². The lowest BCUT2D eigenvalue weighted by Gasteiger charge is -2.32. The van der Waals surface area contributed by atoms with Crippen LogP contribution in [0.5, 0.6) is 5.75 Å². The number of hydrogen-bond acceptors (Lipinski definition) is 7. The number of methoxy groups -OCH3 is 1. The van der Waals surface area contributed by atoms with E-state index in [1.165, 1.54) is 0 Å². The fourth-order valence-electron chi connectivity index (χ4n) is 3.92. The highest BCUT2D eigenvalue weighted by atomic mass is 16.5. The molecular weight excluding hydrogens is 356 g/mol. The first-order valence-corrected chi connectivity index (χ1v) is 9.36. The Kier molecular flexibility index (Phi) is 3.81. The molecule has 2 N–H and O–H groups in total. The summed E-state index contributed by atoms with van der Waals surface area (Å²) in [6, 6.07) is 5.69. The first-order chi connectivity index (χ1) is 13.6. The average Bonchev–Trinajstić information content (AvgIpc) is 3.35. The van der Waals surface area contributed by atoms with E-state index in [9.17, 15) is 0 Å². The van der Waals surface area contributed by atoms with Gasteiger partial charge < -0.3 is 15.4 Å². The molecule has 0 amide bonds. The number of nitrogens with two attached hydrogens (primary N) is 1. The Labute approximate surface area is 161 Å². The Bertz CT molecular complexity index is 1160. The summed E-state index contributed by atoms with van der Waals surface area (Å²) in [6.45, 7) is 1.87. The molecule has 4 heterocycles. The Hall–Kier alpha value is -3.36. The zero-order valence-corrected chi connectivity index (χ0v) is 15.9. The summed E-state index contributed by atoms with van der Waals surface area (Å²) in [5.74, 6) is 2.13. The lowest BCUT2D eigenvalue weighted by atomic mass is 9.97. The Morgan fingerprint density at radius 3 is 2.93 bits per heavy atom. The van der Waals surface area contributed by atoms with Crippen LogP contribution in [0.4, 0.5) is 11.6 Å². The van der Waals surface area contributed by atoms with Crippen molar-refractivity contribution in [3.8, 4) is 5.75 Å². The monoisotopic (exact) mass is 378 g/mol. The first kappa shape index (κ1) is 16.8. The van der Waals surface area contributed by atoms with E-state index in [4.69, 9.17) is 20.6 Å². The normalized spacial score (nSPS) is 17.5. The molecule has 5 rings (SSSR count). The summed E-state index contributed by atoms with van der Waals surface area (Å²) < 4.78 is 8.82. The molecule has 0 aliphatic carbocycles. The van der Waals surface area contributed by atoms with Gasteiger partial charge in [0.2, 0.25) is 5.95 Å². The van der Waals surface area contributed by atoms with E-state index in [0.29, 0.717) is 5.95 Å². The van der Waals surface area contributed by atoms with Crippen LogP contribution in [0.1, 0.15) is 24.6 Å². The van der Waals surface area contributed by atoms with Gasteiger partial charge in [-0.3, -0.25) is 4.68 Å². The SMILES string of the molecule is COc1ccc2nc(N)n3nc([C@@H]4CCCN(c5cnn(C)c5)C4)nc3c2c1. The molecule has 3 aromatic heterocycles. The van der Waals surface area contributed by atoms with Gasteiger partial charge >= 0.3 is 0 Å². The van der Waals surface area contributed by atoms with Crippen molar-refractivity contribution in [3.05, 3.63) is 36.4 Å². The molecule has 1 fully saturated rings. The van der Waals surface area contributed by atoms with Crippen molar-refractivity contribution < 1.29 is 4.74 Å². The maximum atomic E-state index is 6.15. The topological polar surface area (TPSA) is 99.4 Å². The number of ether oxygens (including phenoxy) is 1. The van der Waals surface area contributed by atoms with Crippen LogP contribution in [0.3, 0.4) is 0 Å². The molecule has 9 heteroatoms. The molecule has 0 saturated carbocycles. The minimum atomic E-state index is 0.230. The van der Waals surface area contributed by atoms with Gasteiger partial charge in [0.1, 0.15) is 5.75 Å². The second-order valence-electron chi connectivity index (χ2n) is 7.22. The van der Waals surface area contributed by atoms with Crippen LogP contribution in [-0.2, 0) is 7.05 Å². The lowest BCUT2D eigenvalue weighted by Crippen LogP contribution is -2.34. The molecule has 9 nitrogen and oxygen atoms in total. The van der Waals surface area contributed by atoms with Crippen LogP contribution in [0.2, 0.25) is 0 Å². The number of fused-ring (bicyclic) bond motifs is 3. The van der Waals surface area contributed by atoms with Crippen LogP contribution in [0, 0.1) is 0 Å². The minimum absolute atomic E-state index is 0.230. The third kappa shape index (κ3) is 2.70. The highest BCUT2D eigenvalue weighted by Crippen LogP contribution is 2.30. The molecule has 28 heavy (non-hydrogen) atoms. The molecule has 144 valence electrons. The van der Waals surface area contributed by atoms with E-state index in [1.54, 1.807) is 11.6 Å². The van der Waals surface area contributed by atoms with Gasteiger partial charge in [-0.05, 0) is 31.0 Å². The van der Waals surface area contributed by atoms with Gasteiger partial charge in [0.25, 0.3) is 0 Å². The predicted molar refractivity (Wildman–Crippen MR) is 107 cm³/mol. The fraction of sp³-hybridized carbons (Fsp3) is 0.368. The van der Waals surface area contributed by atoms with Crippen molar-refractivity contribution in [1.82, 2.24) is 29.4 Å².